The number of fused-ring (bicyclic) bond motifs is 1. The summed E-state index contributed by atoms with van der Waals surface area (Å²) in [7, 11) is 0. The van der Waals surface area contributed by atoms with Gasteiger partial charge in [-0.15, -0.1) is 0 Å². The van der Waals surface area contributed by atoms with E-state index >= 15 is 0 Å². The molecule has 1 unspecified atom stereocenters. The number of pyridine rings is 1. The minimum Gasteiger partial charge on any atom is -0.399 e. The molecular formula is C36H36N4O4. The van der Waals surface area contributed by atoms with Gasteiger partial charge >= 0.3 is 0 Å². The first-order valence-corrected chi connectivity index (χ1v) is 14.5. The first-order valence-electron chi connectivity index (χ1n) is 14.5. The summed E-state index contributed by atoms with van der Waals surface area (Å²) in [5.74, 6) is -0.382. The predicted octanol–water partition coefficient (Wildman–Crippen LogP) is 5.56. The minimum absolute atomic E-state index is 0.00347. The summed E-state index contributed by atoms with van der Waals surface area (Å²) in [4.78, 5) is 43.1. The number of hydrogen-bond donors (Lipinski definition) is 4. The lowest BCUT2D eigenvalue weighted by Gasteiger charge is -2.29. The normalized spacial score (nSPS) is 12.4. The summed E-state index contributed by atoms with van der Waals surface area (Å²) in [6, 6.07) is 27.4. The lowest BCUT2D eigenvalue weighted by Crippen LogP contribution is -2.39. The van der Waals surface area contributed by atoms with Crippen LogP contribution in [-0.2, 0) is 16.1 Å². The molecule has 0 bridgehead atoms. The number of aromatic nitrogens is 1. The average molecular weight is 589 g/mol. The highest BCUT2D eigenvalue weighted by molar-refractivity contribution is 5.90. The van der Waals surface area contributed by atoms with E-state index in [4.69, 9.17) is 5.73 Å². The number of nitrogens with two attached hydrogens (primary N) is 1. The second-order valence-electron chi connectivity index (χ2n) is 11.1. The number of aliphatic hydroxyl groups is 1. The van der Waals surface area contributed by atoms with Crippen molar-refractivity contribution < 1.29 is 14.7 Å². The number of carbonyl (C=O) groups excluding carboxylic acids is 2. The standard InChI is InChI=1S/C36H36N4O4/c1-23-18-27(9-12-31(23)24(2)22-42)34(39-30-11-8-26-14-15-38-35(43)33(26)20-30)36(44)40(16-17-41)21-28-19-29(37)10-13-32(28)25-6-4-3-5-7-25/h3-15,17-20,24,34,39,42H,16,21-22,37H2,1-2H3,(H,38,43)/t24-,34?/m0/s1. The molecule has 224 valence electrons. The van der Waals surface area contributed by atoms with E-state index in [1.807, 2.05) is 98.8 Å². The number of nitrogens with zero attached hydrogens (tertiary/aromatic N) is 1. The summed E-state index contributed by atoms with van der Waals surface area (Å²) >= 11 is 0. The zero-order valence-electron chi connectivity index (χ0n) is 24.8. The van der Waals surface area contributed by atoms with Crippen molar-refractivity contribution in [3.8, 4) is 11.1 Å². The number of amides is 1. The Morgan fingerprint density at radius 2 is 1.82 bits per heavy atom. The van der Waals surface area contributed by atoms with Gasteiger partial charge in [-0.1, -0.05) is 67.6 Å². The molecule has 0 aliphatic carbocycles. The molecule has 5 N–H and O–H groups in total. The van der Waals surface area contributed by atoms with Crippen molar-refractivity contribution in [2.75, 3.05) is 24.2 Å². The van der Waals surface area contributed by atoms with Gasteiger partial charge in [0.25, 0.3) is 5.56 Å². The van der Waals surface area contributed by atoms with Crippen molar-refractivity contribution in [2.24, 2.45) is 0 Å². The maximum atomic E-state index is 14.5. The average Bonchev–Trinajstić information content (AvgIpc) is 3.03. The molecule has 0 saturated heterocycles. The Morgan fingerprint density at radius 1 is 1.02 bits per heavy atom. The summed E-state index contributed by atoms with van der Waals surface area (Å²) in [6.07, 6.45) is 2.31. The second-order valence-corrected chi connectivity index (χ2v) is 11.1. The van der Waals surface area contributed by atoms with Gasteiger partial charge in [-0.25, -0.2) is 0 Å². The van der Waals surface area contributed by atoms with E-state index in [0.717, 1.165) is 39.5 Å². The van der Waals surface area contributed by atoms with E-state index < -0.39 is 6.04 Å². The lowest BCUT2D eigenvalue weighted by molar-refractivity contribution is -0.134. The largest absolute Gasteiger partial charge is 0.399 e. The van der Waals surface area contributed by atoms with E-state index in [9.17, 15) is 19.5 Å². The van der Waals surface area contributed by atoms with Gasteiger partial charge < -0.3 is 30.8 Å². The molecular weight excluding hydrogens is 552 g/mol. The quantitative estimate of drug-likeness (QED) is 0.118. The van der Waals surface area contributed by atoms with Gasteiger partial charge in [-0.05, 0) is 76.0 Å². The van der Waals surface area contributed by atoms with Gasteiger partial charge in [0.15, 0.2) is 0 Å². The van der Waals surface area contributed by atoms with Crippen molar-refractivity contribution in [3.05, 3.63) is 130 Å². The van der Waals surface area contributed by atoms with Crippen LogP contribution in [-0.4, -0.2) is 40.3 Å². The van der Waals surface area contributed by atoms with Crippen LogP contribution in [0.1, 0.15) is 41.1 Å². The highest BCUT2D eigenvalue weighted by Gasteiger charge is 2.28. The molecule has 0 aliphatic rings. The molecule has 0 radical (unpaired) electrons. The molecule has 1 heterocycles. The third-order valence-corrected chi connectivity index (χ3v) is 7.95. The minimum atomic E-state index is -0.881. The highest BCUT2D eigenvalue weighted by Crippen LogP contribution is 2.31. The number of benzene rings is 4. The Bertz CT molecular complexity index is 1850. The Kier molecular flexibility index (Phi) is 9.21. The molecule has 4 aromatic carbocycles. The number of aromatic amines is 1. The number of hydrogen-bond acceptors (Lipinski definition) is 6. The summed E-state index contributed by atoms with van der Waals surface area (Å²) in [5.41, 5.74) is 12.4. The fraction of sp³-hybridized carbons (Fsp3) is 0.194. The van der Waals surface area contributed by atoms with Gasteiger partial charge in [0.05, 0.1) is 6.54 Å². The first kappa shape index (κ1) is 30.3. The number of H-pyrrole nitrogens is 1. The molecule has 0 fully saturated rings. The van der Waals surface area contributed by atoms with Crippen molar-refractivity contribution in [1.82, 2.24) is 9.88 Å². The van der Waals surface area contributed by atoms with Gasteiger partial charge in [0.1, 0.15) is 12.3 Å². The second kappa shape index (κ2) is 13.4. The number of aldehydes is 1. The smallest absolute Gasteiger partial charge is 0.255 e. The molecule has 2 atom stereocenters. The topological polar surface area (TPSA) is 129 Å². The van der Waals surface area contributed by atoms with Gasteiger partial charge in [0, 0.05) is 42.0 Å². The van der Waals surface area contributed by atoms with E-state index in [1.165, 1.54) is 4.90 Å². The summed E-state index contributed by atoms with van der Waals surface area (Å²) in [6.45, 7) is 3.92. The maximum absolute atomic E-state index is 14.5. The predicted molar refractivity (Wildman–Crippen MR) is 175 cm³/mol. The zero-order chi connectivity index (χ0) is 31.2. The van der Waals surface area contributed by atoms with E-state index in [0.29, 0.717) is 22.3 Å². The Labute approximate surface area is 256 Å². The molecule has 5 aromatic rings. The van der Waals surface area contributed by atoms with Crippen molar-refractivity contribution >= 4 is 34.3 Å². The van der Waals surface area contributed by atoms with Crippen LogP contribution >= 0.6 is 0 Å². The SMILES string of the molecule is Cc1cc(C(Nc2ccc3cc[nH]c(=O)c3c2)C(=O)N(CC=O)Cc2cc(N)ccc2-c2ccccc2)ccc1[C@@H](C)CO. The van der Waals surface area contributed by atoms with Gasteiger partial charge in [-0.3, -0.25) is 9.59 Å². The van der Waals surface area contributed by atoms with Crippen LogP contribution in [0.4, 0.5) is 11.4 Å². The van der Waals surface area contributed by atoms with Crippen molar-refractivity contribution in [3.63, 3.8) is 0 Å². The van der Waals surface area contributed by atoms with Gasteiger partial charge in [-0.2, -0.15) is 0 Å². The van der Waals surface area contributed by atoms with E-state index in [-0.39, 0.29) is 37.1 Å². The van der Waals surface area contributed by atoms with Crippen LogP contribution in [0.25, 0.3) is 21.9 Å². The molecule has 0 saturated carbocycles. The van der Waals surface area contributed by atoms with Crippen LogP contribution in [0, 0.1) is 6.92 Å². The van der Waals surface area contributed by atoms with Crippen molar-refractivity contribution in [1.29, 1.82) is 0 Å². The number of nitrogen functional groups attached to an aromatic ring is 1. The number of anilines is 2. The van der Waals surface area contributed by atoms with E-state index in [1.54, 1.807) is 12.3 Å². The van der Waals surface area contributed by atoms with Crippen LogP contribution in [0.3, 0.4) is 0 Å². The van der Waals surface area contributed by atoms with E-state index in [2.05, 4.69) is 10.3 Å². The molecule has 8 nitrogen and oxygen atoms in total. The van der Waals surface area contributed by atoms with Crippen LogP contribution < -0.4 is 16.6 Å². The Hall–Kier alpha value is -5.21. The van der Waals surface area contributed by atoms with Crippen LogP contribution in [0.5, 0.6) is 0 Å². The van der Waals surface area contributed by atoms with Crippen molar-refractivity contribution in [2.45, 2.75) is 32.4 Å². The third kappa shape index (κ3) is 6.55. The lowest BCUT2D eigenvalue weighted by atomic mass is 9.92. The van der Waals surface area contributed by atoms with Crippen LogP contribution in [0.2, 0.25) is 0 Å². The first-order chi connectivity index (χ1) is 21.3. The maximum Gasteiger partial charge on any atom is 0.255 e. The Morgan fingerprint density at radius 3 is 2.55 bits per heavy atom. The fourth-order valence-electron chi connectivity index (χ4n) is 5.61. The molecule has 8 heteroatoms. The summed E-state index contributed by atoms with van der Waals surface area (Å²) in [5, 5.41) is 14.4. The third-order valence-electron chi connectivity index (χ3n) is 7.95. The highest BCUT2D eigenvalue weighted by atomic mass is 16.3. The monoisotopic (exact) mass is 588 g/mol. The molecule has 5 rings (SSSR count). The number of nitrogens with one attached hydrogen (secondary N) is 2. The molecule has 0 aliphatic heterocycles. The number of aryl methyl sites for hydroxylation is 1. The molecule has 1 amide bonds. The molecule has 0 spiro atoms. The summed E-state index contributed by atoms with van der Waals surface area (Å²) < 4.78 is 0. The molecule has 44 heavy (non-hydrogen) atoms. The number of rotatable bonds is 11. The number of carbonyl (C=O) groups is 2. The Balaban J connectivity index is 1.56. The van der Waals surface area contributed by atoms with Crippen LogP contribution in [0.15, 0.2) is 102 Å². The number of aliphatic hydroxyl groups excluding tert-OH is 1. The van der Waals surface area contributed by atoms with Gasteiger partial charge in [0.2, 0.25) is 5.91 Å². The molecule has 1 aromatic heterocycles. The zero-order valence-corrected chi connectivity index (χ0v) is 24.8. The fourth-order valence-corrected chi connectivity index (χ4v) is 5.61.